The zero-order valence-corrected chi connectivity index (χ0v) is 18.2. The van der Waals surface area contributed by atoms with Crippen LogP contribution in [0, 0.1) is 0 Å². The number of anilines is 1. The summed E-state index contributed by atoms with van der Waals surface area (Å²) in [5.41, 5.74) is 3.22. The van der Waals surface area contributed by atoms with Gasteiger partial charge >= 0.3 is 0 Å². The minimum atomic E-state index is -3.83. The van der Waals surface area contributed by atoms with Gasteiger partial charge in [0.15, 0.2) is 5.65 Å². The largest absolute Gasteiger partial charge is 0.312 e. The third kappa shape index (κ3) is 3.45. The molecule has 1 fully saturated rings. The first-order valence-corrected chi connectivity index (χ1v) is 11.9. The number of hydrogen-bond acceptors (Lipinski definition) is 5. The molecule has 0 N–H and O–H groups in total. The SMILES string of the molecule is CN1CC=C(c2cn(S(=O)(=O)c3ccc(N4CCCC4=O)cc3)c3ncccc23)CC1. The molecule has 0 atom stereocenters. The molecule has 0 spiro atoms. The molecule has 8 heteroatoms. The Morgan fingerprint density at radius 2 is 1.84 bits per heavy atom. The summed E-state index contributed by atoms with van der Waals surface area (Å²) >= 11 is 0. The molecule has 7 nitrogen and oxygen atoms in total. The molecule has 160 valence electrons. The van der Waals surface area contributed by atoms with Gasteiger partial charge in [-0.25, -0.2) is 17.4 Å². The van der Waals surface area contributed by atoms with Crippen LogP contribution in [-0.2, 0) is 14.8 Å². The molecule has 0 aliphatic carbocycles. The number of aromatic nitrogens is 2. The monoisotopic (exact) mass is 436 g/mol. The molecular weight excluding hydrogens is 412 g/mol. The summed E-state index contributed by atoms with van der Waals surface area (Å²) in [6.45, 7) is 2.44. The molecule has 1 aromatic carbocycles. The summed E-state index contributed by atoms with van der Waals surface area (Å²) in [5.74, 6) is 0.0762. The quantitative estimate of drug-likeness (QED) is 0.628. The van der Waals surface area contributed by atoms with Crippen molar-refractivity contribution in [1.82, 2.24) is 13.9 Å². The van der Waals surface area contributed by atoms with Gasteiger partial charge in [0.25, 0.3) is 10.0 Å². The number of amides is 1. The number of fused-ring (bicyclic) bond motifs is 1. The highest BCUT2D eigenvalue weighted by atomic mass is 32.2. The van der Waals surface area contributed by atoms with Gasteiger partial charge in [0.2, 0.25) is 5.91 Å². The molecule has 4 heterocycles. The summed E-state index contributed by atoms with van der Waals surface area (Å²) in [6, 6.07) is 10.3. The Kier molecular flexibility index (Phi) is 4.91. The highest BCUT2D eigenvalue weighted by Crippen LogP contribution is 2.32. The van der Waals surface area contributed by atoms with E-state index in [4.69, 9.17) is 0 Å². The van der Waals surface area contributed by atoms with E-state index in [9.17, 15) is 13.2 Å². The second kappa shape index (κ2) is 7.62. The van der Waals surface area contributed by atoms with Crippen molar-refractivity contribution in [3.05, 3.63) is 60.4 Å². The van der Waals surface area contributed by atoms with E-state index in [0.29, 0.717) is 18.6 Å². The molecule has 1 amide bonds. The topological polar surface area (TPSA) is 75.5 Å². The third-order valence-corrected chi connectivity index (χ3v) is 7.73. The van der Waals surface area contributed by atoms with Crippen molar-refractivity contribution in [2.45, 2.75) is 24.2 Å². The maximum absolute atomic E-state index is 13.5. The zero-order valence-electron chi connectivity index (χ0n) is 17.4. The first kappa shape index (κ1) is 20.0. The number of carbonyl (C=O) groups excluding carboxylic acids is 1. The van der Waals surface area contributed by atoms with E-state index in [1.165, 1.54) is 3.97 Å². The van der Waals surface area contributed by atoms with Gasteiger partial charge in [-0.05, 0) is 61.9 Å². The van der Waals surface area contributed by atoms with Crippen LogP contribution < -0.4 is 4.90 Å². The van der Waals surface area contributed by atoms with Crippen LogP contribution in [0.3, 0.4) is 0 Å². The molecule has 0 bridgehead atoms. The molecule has 0 unspecified atom stereocenters. The maximum Gasteiger partial charge on any atom is 0.269 e. The normalized spacial score (nSPS) is 18.0. The van der Waals surface area contributed by atoms with Gasteiger partial charge in [-0.15, -0.1) is 0 Å². The number of pyridine rings is 1. The number of carbonyl (C=O) groups is 1. The highest BCUT2D eigenvalue weighted by Gasteiger charge is 2.26. The second-order valence-electron chi connectivity index (χ2n) is 8.10. The Balaban J connectivity index is 1.56. The van der Waals surface area contributed by atoms with E-state index >= 15 is 0 Å². The zero-order chi connectivity index (χ0) is 21.6. The van der Waals surface area contributed by atoms with Crippen LogP contribution in [0.5, 0.6) is 0 Å². The lowest BCUT2D eigenvalue weighted by Gasteiger charge is -2.21. The molecule has 2 aliphatic heterocycles. The summed E-state index contributed by atoms with van der Waals surface area (Å²) in [7, 11) is -1.76. The van der Waals surface area contributed by atoms with Gasteiger partial charge in [0, 0.05) is 55.1 Å². The predicted molar refractivity (Wildman–Crippen MR) is 120 cm³/mol. The van der Waals surface area contributed by atoms with E-state index in [1.54, 1.807) is 41.6 Å². The Bertz CT molecular complexity index is 1290. The van der Waals surface area contributed by atoms with Crippen molar-refractivity contribution in [2.75, 3.05) is 31.6 Å². The number of hydrogen-bond donors (Lipinski definition) is 0. The van der Waals surface area contributed by atoms with E-state index in [2.05, 4.69) is 23.0 Å². The first-order chi connectivity index (χ1) is 14.9. The van der Waals surface area contributed by atoms with Gasteiger partial charge in [0.1, 0.15) is 0 Å². The number of likely N-dealkylation sites (N-methyl/N-ethyl adjacent to an activating group) is 1. The molecule has 0 radical (unpaired) electrons. The molecule has 2 aromatic heterocycles. The van der Waals surface area contributed by atoms with E-state index in [-0.39, 0.29) is 10.8 Å². The van der Waals surface area contributed by atoms with Crippen LogP contribution in [0.1, 0.15) is 24.8 Å². The highest BCUT2D eigenvalue weighted by molar-refractivity contribution is 7.90. The Hall–Kier alpha value is -2.97. The standard InChI is InChI=1S/C23H24N4O3S/c1-25-14-10-17(11-15-25)21-16-27(23-20(21)4-2-12-24-23)31(29,30)19-8-6-18(7-9-19)26-13-3-5-22(26)28/h2,4,6-10,12,16H,3,5,11,13-15H2,1H3. The lowest BCUT2D eigenvalue weighted by Crippen LogP contribution is -2.23. The van der Waals surface area contributed by atoms with E-state index < -0.39 is 10.0 Å². The molecule has 31 heavy (non-hydrogen) atoms. The fourth-order valence-corrected chi connectivity index (χ4v) is 5.64. The van der Waals surface area contributed by atoms with Gasteiger partial charge in [-0.2, -0.15) is 0 Å². The van der Waals surface area contributed by atoms with Crippen molar-refractivity contribution in [1.29, 1.82) is 0 Å². The Morgan fingerprint density at radius 1 is 1.03 bits per heavy atom. The summed E-state index contributed by atoms with van der Waals surface area (Å²) < 4.78 is 28.3. The van der Waals surface area contributed by atoms with Gasteiger partial charge in [0.05, 0.1) is 4.90 Å². The van der Waals surface area contributed by atoms with Crippen LogP contribution in [0.25, 0.3) is 16.6 Å². The predicted octanol–water partition coefficient (Wildman–Crippen LogP) is 3.12. The molecule has 3 aromatic rings. The fourth-order valence-electron chi connectivity index (χ4n) is 4.32. The number of nitrogens with zero attached hydrogens (tertiary/aromatic N) is 4. The van der Waals surface area contributed by atoms with E-state index in [0.717, 1.165) is 48.1 Å². The minimum absolute atomic E-state index is 0.0762. The molecule has 1 saturated heterocycles. The summed E-state index contributed by atoms with van der Waals surface area (Å²) in [5, 5.41) is 0.834. The third-order valence-electron chi connectivity index (χ3n) is 6.07. The van der Waals surface area contributed by atoms with Crippen molar-refractivity contribution >= 4 is 38.2 Å². The fraction of sp³-hybridized carbons (Fsp3) is 0.304. The summed E-state index contributed by atoms with van der Waals surface area (Å²) in [6.07, 6.45) is 7.70. The molecular formula is C23H24N4O3S. The first-order valence-electron chi connectivity index (χ1n) is 10.5. The van der Waals surface area contributed by atoms with E-state index in [1.807, 2.05) is 12.1 Å². The minimum Gasteiger partial charge on any atom is -0.312 e. The smallest absolute Gasteiger partial charge is 0.269 e. The lowest BCUT2D eigenvalue weighted by molar-refractivity contribution is -0.117. The van der Waals surface area contributed by atoms with Gasteiger partial charge in [-0.3, -0.25) is 4.79 Å². The Morgan fingerprint density at radius 3 is 2.52 bits per heavy atom. The van der Waals surface area contributed by atoms with Crippen LogP contribution in [0.4, 0.5) is 5.69 Å². The maximum atomic E-state index is 13.5. The van der Waals surface area contributed by atoms with Crippen LogP contribution >= 0.6 is 0 Å². The molecule has 2 aliphatic rings. The van der Waals surface area contributed by atoms with Crippen molar-refractivity contribution < 1.29 is 13.2 Å². The summed E-state index contributed by atoms with van der Waals surface area (Å²) in [4.78, 5) is 20.5. The average molecular weight is 437 g/mol. The van der Waals surface area contributed by atoms with Gasteiger partial charge < -0.3 is 9.80 Å². The van der Waals surface area contributed by atoms with Crippen LogP contribution in [0.15, 0.2) is 59.8 Å². The molecule has 5 rings (SSSR count). The Labute approximate surface area is 181 Å². The van der Waals surface area contributed by atoms with Gasteiger partial charge in [-0.1, -0.05) is 6.08 Å². The number of benzene rings is 1. The molecule has 0 saturated carbocycles. The van der Waals surface area contributed by atoms with Crippen molar-refractivity contribution in [3.63, 3.8) is 0 Å². The van der Waals surface area contributed by atoms with Crippen molar-refractivity contribution in [2.24, 2.45) is 0 Å². The average Bonchev–Trinajstić information content (AvgIpc) is 3.39. The lowest BCUT2D eigenvalue weighted by atomic mass is 10.00. The number of rotatable bonds is 4. The van der Waals surface area contributed by atoms with Crippen LogP contribution in [0.2, 0.25) is 0 Å². The van der Waals surface area contributed by atoms with Crippen molar-refractivity contribution in [3.8, 4) is 0 Å². The second-order valence-corrected chi connectivity index (χ2v) is 9.92. The van der Waals surface area contributed by atoms with Crippen LogP contribution in [-0.4, -0.2) is 54.9 Å².